The summed E-state index contributed by atoms with van der Waals surface area (Å²) in [6.07, 6.45) is 6.91. The van der Waals surface area contributed by atoms with Crippen LogP contribution in [0.3, 0.4) is 0 Å². The number of allylic oxidation sites excluding steroid dienone is 3. The molecule has 0 radical (unpaired) electrons. The lowest BCUT2D eigenvalue weighted by molar-refractivity contribution is -0.130. The number of hydrogen-bond acceptors (Lipinski definition) is 2. The lowest BCUT2D eigenvalue weighted by Crippen LogP contribution is -2.37. The van der Waals surface area contributed by atoms with Crippen molar-refractivity contribution in [2.75, 3.05) is 13.2 Å². The van der Waals surface area contributed by atoms with Crippen molar-refractivity contribution in [3.05, 3.63) is 23.4 Å². The summed E-state index contributed by atoms with van der Waals surface area (Å²) in [5, 5.41) is 3.02. The molecule has 2 heterocycles. The highest BCUT2D eigenvalue weighted by Crippen LogP contribution is 2.47. The second-order valence-electron chi connectivity index (χ2n) is 4.60. The van der Waals surface area contributed by atoms with Crippen LogP contribution >= 0.6 is 15.9 Å². The second kappa shape index (κ2) is 3.70. The summed E-state index contributed by atoms with van der Waals surface area (Å²) in [5.74, 6) is 0.162. The predicted molar refractivity (Wildman–Crippen MR) is 64.1 cm³/mol. The van der Waals surface area contributed by atoms with Crippen molar-refractivity contribution in [3.8, 4) is 0 Å². The van der Waals surface area contributed by atoms with Crippen molar-refractivity contribution >= 4 is 21.8 Å². The summed E-state index contributed by atoms with van der Waals surface area (Å²) < 4.78 is 5.37. The van der Waals surface area contributed by atoms with Gasteiger partial charge in [0.25, 0.3) is 0 Å². The molecule has 3 nitrogen and oxygen atoms in total. The molecule has 1 N–H and O–H groups in total. The molecule has 1 spiro atoms. The van der Waals surface area contributed by atoms with Crippen LogP contribution < -0.4 is 5.32 Å². The molecular weight excluding hydrogens is 270 g/mol. The van der Waals surface area contributed by atoms with Gasteiger partial charge in [0.15, 0.2) is 0 Å². The van der Waals surface area contributed by atoms with Gasteiger partial charge in [0.05, 0.1) is 5.41 Å². The maximum atomic E-state index is 12.2. The van der Waals surface area contributed by atoms with Crippen molar-refractivity contribution in [3.63, 3.8) is 0 Å². The van der Waals surface area contributed by atoms with Crippen molar-refractivity contribution < 1.29 is 9.53 Å². The zero-order valence-corrected chi connectivity index (χ0v) is 10.5. The molecule has 1 atom stereocenters. The van der Waals surface area contributed by atoms with Crippen LogP contribution in [0.2, 0.25) is 0 Å². The first-order valence-corrected chi connectivity index (χ1v) is 6.60. The molecule has 2 aliphatic heterocycles. The lowest BCUT2D eigenvalue weighted by Gasteiger charge is -2.32. The van der Waals surface area contributed by atoms with Gasteiger partial charge in [0, 0.05) is 23.7 Å². The van der Waals surface area contributed by atoms with Crippen LogP contribution in [0.5, 0.6) is 0 Å². The molecule has 4 heteroatoms. The molecule has 2 saturated heterocycles. The van der Waals surface area contributed by atoms with E-state index < -0.39 is 0 Å². The molecule has 3 rings (SSSR count). The summed E-state index contributed by atoms with van der Waals surface area (Å²) in [6, 6.07) is 0. The summed E-state index contributed by atoms with van der Waals surface area (Å²) in [4.78, 5) is 12.5. The summed E-state index contributed by atoms with van der Waals surface area (Å²) in [6.45, 7) is 1.38. The quantitative estimate of drug-likeness (QED) is 0.690. The minimum absolute atomic E-state index is 0.162. The van der Waals surface area contributed by atoms with Crippen molar-refractivity contribution in [2.24, 2.45) is 5.41 Å². The molecule has 0 bridgehead atoms. The van der Waals surface area contributed by atoms with Gasteiger partial charge in [0.1, 0.15) is 0 Å². The average molecular weight is 284 g/mol. The van der Waals surface area contributed by atoms with Gasteiger partial charge in [-0.1, -0.05) is 22.0 Å². The second-order valence-corrected chi connectivity index (χ2v) is 5.77. The minimum atomic E-state index is -0.294. The first-order valence-electron chi connectivity index (χ1n) is 5.68. The van der Waals surface area contributed by atoms with Crippen LogP contribution in [0.15, 0.2) is 23.4 Å². The van der Waals surface area contributed by atoms with Crippen LogP contribution in [0, 0.1) is 5.41 Å². The normalized spacial score (nSPS) is 31.8. The minimum Gasteiger partial charge on any atom is -0.381 e. The number of carbonyl (C=O) groups is 1. The lowest BCUT2D eigenvalue weighted by atomic mass is 9.73. The van der Waals surface area contributed by atoms with Crippen LogP contribution in [0.1, 0.15) is 19.3 Å². The predicted octanol–water partition coefficient (Wildman–Crippen LogP) is 1.89. The number of halogens is 1. The zero-order chi connectivity index (χ0) is 11.2. The SMILES string of the molecule is O=C1NC2=CC(Br)CC=C2C12CCOCC2. The molecule has 16 heavy (non-hydrogen) atoms. The largest absolute Gasteiger partial charge is 0.381 e. The van der Waals surface area contributed by atoms with E-state index in [1.807, 2.05) is 0 Å². The number of amides is 1. The molecule has 1 amide bonds. The van der Waals surface area contributed by atoms with E-state index in [1.54, 1.807) is 0 Å². The van der Waals surface area contributed by atoms with E-state index in [0.717, 1.165) is 25.0 Å². The number of rotatable bonds is 0. The molecule has 1 aliphatic carbocycles. The van der Waals surface area contributed by atoms with E-state index in [4.69, 9.17) is 4.74 Å². The fraction of sp³-hybridized carbons (Fsp3) is 0.583. The fourth-order valence-electron chi connectivity index (χ4n) is 2.82. The summed E-state index contributed by atoms with van der Waals surface area (Å²) >= 11 is 3.56. The standard InChI is InChI=1S/C12H14BrNO2/c13-8-1-2-9-10(7-8)14-11(15)12(9)3-5-16-6-4-12/h2,7-8H,1,3-6H2,(H,14,15). The van der Waals surface area contributed by atoms with Gasteiger partial charge in [-0.2, -0.15) is 0 Å². The van der Waals surface area contributed by atoms with E-state index >= 15 is 0 Å². The number of fused-ring (bicyclic) bond motifs is 2. The smallest absolute Gasteiger partial charge is 0.235 e. The number of hydrogen-bond donors (Lipinski definition) is 1. The number of ether oxygens (including phenoxy) is 1. The fourth-order valence-corrected chi connectivity index (χ4v) is 3.27. The molecule has 0 aromatic heterocycles. The summed E-state index contributed by atoms with van der Waals surface area (Å²) in [5.41, 5.74) is 1.92. The van der Waals surface area contributed by atoms with E-state index in [9.17, 15) is 4.79 Å². The maximum Gasteiger partial charge on any atom is 0.235 e. The highest BCUT2D eigenvalue weighted by atomic mass is 79.9. The Labute approximate surface area is 103 Å². The molecule has 1 unspecified atom stereocenters. The highest BCUT2D eigenvalue weighted by molar-refractivity contribution is 9.09. The molecule has 3 aliphatic rings. The monoisotopic (exact) mass is 283 g/mol. The molecule has 2 fully saturated rings. The van der Waals surface area contributed by atoms with Gasteiger partial charge >= 0.3 is 0 Å². The van der Waals surface area contributed by atoms with E-state index in [1.165, 1.54) is 5.57 Å². The van der Waals surface area contributed by atoms with Crippen LogP contribution in [-0.4, -0.2) is 23.9 Å². The molecule has 0 aromatic rings. The van der Waals surface area contributed by atoms with Gasteiger partial charge in [-0.05, 0) is 30.9 Å². The molecule has 0 saturated carbocycles. The highest BCUT2D eigenvalue weighted by Gasteiger charge is 2.50. The van der Waals surface area contributed by atoms with Gasteiger partial charge in [-0.15, -0.1) is 0 Å². The third kappa shape index (κ3) is 1.39. The molecular formula is C12H14BrNO2. The Bertz CT molecular complexity index is 394. The average Bonchev–Trinajstić information content (AvgIpc) is 2.53. The van der Waals surface area contributed by atoms with Crippen LogP contribution in [-0.2, 0) is 9.53 Å². The Balaban J connectivity index is 2.01. The Morgan fingerprint density at radius 2 is 2.19 bits per heavy atom. The van der Waals surface area contributed by atoms with Crippen molar-refractivity contribution in [2.45, 2.75) is 24.1 Å². The topological polar surface area (TPSA) is 38.3 Å². The number of nitrogens with one attached hydrogen (secondary N) is 1. The van der Waals surface area contributed by atoms with E-state index in [0.29, 0.717) is 18.0 Å². The number of carbonyl (C=O) groups excluding carboxylic acids is 1. The number of alkyl halides is 1. The molecule has 0 aromatic carbocycles. The Kier molecular flexibility index (Phi) is 2.44. The van der Waals surface area contributed by atoms with Gasteiger partial charge in [0.2, 0.25) is 5.91 Å². The first-order chi connectivity index (χ1) is 7.72. The third-order valence-corrected chi connectivity index (χ3v) is 4.37. The Morgan fingerprint density at radius 3 is 2.94 bits per heavy atom. The maximum absolute atomic E-state index is 12.2. The Morgan fingerprint density at radius 1 is 1.44 bits per heavy atom. The van der Waals surface area contributed by atoms with Gasteiger partial charge < -0.3 is 10.1 Å². The molecule has 86 valence electrons. The van der Waals surface area contributed by atoms with Crippen molar-refractivity contribution in [1.82, 2.24) is 5.32 Å². The van der Waals surface area contributed by atoms with E-state index in [2.05, 4.69) is 33.4 Å². The van der Waals surface area contributed by atoms with Crippen LogP contribution in [0.25, 0.3) is 0 Å². The van der Waals surface area contributed by atoms with Crippen molar-refractivity contribution in [1.29, 1.82) is 0 Å². The summed E-state index contributed by atoms with van der Waals surface area (Å²) in [7, 11) is 0. The van der Waals surface area contributed by atoms with E-state index in [-0.39, 0.29) is 11.3 Å². The Hall–Kier alpha value is -0.610. The van der Waals surface area contributed by atoms with Gasteiger partial charge in [-0.3, -0.25) is 4.79 Å². The first kappa shape index (κ1) is 10.5. The van der Waals surface area contributed by atoms with Crippen LogP contribution in [0.4, 0.5) is 0 Å². The zero-order valence-electron chi connectivity index (χ0n) is 8.96. The van der Waals surface area contributed by atoms with Gasteiger partial charge in [-0.25, -0.2) is 0 Å². The third-order valence-electron chi connectivity index (χ3n) is 3.73.